The Hall–Kier alpha value is -7.28. The first kappa shape index (κ1) is 32.2. The van der Waals surface area contributed by atoms with Gasteiger partial charge in [-0.1, -0.05) is 194 Å². The summed E-state index contributed by atoms with van der Waals surface area (Å²) < 4.78 is 0. The van der Waals surface area contributed by atoms with Gasteiger partial charge in [-0.05, 0) is 134 Å². The van der Waals surface area contributed by atoms with E-state index in [-0.39, 0.29) is 0 Å². The fraction of sp³-hybridized carbons (Fsp3) is 0. The zero-order chi connectivity index (χ0) is 37.0. The van der Waals surface area contributed by atoms with Gasteiger partial charge in [-0.2, -0.15) is 0 Å². The molecule has 0 aliphatic heterocycles. The van der Waals surface area contributed by atoms with Gasteiger partial charge in [0.05, 0.1) is 0 Å². The third kappa shape index (κ3) is 5.30. The van der Waals surface area contributed by atoms with Gasteiger partial charge in [-0.15, -0.1) is 0 Å². The maximum Gasteiger partial charge on any atom is -0.00201 e. The molecule has 0 saturated carbocycles. The number of rotatable bonds is 5. The molecule has 0 radical (unpaired) electrons. The van der Waals surface area contributed by atoms with Crippen LogP contribution in [0.3, 0.4) is 0 Å². The Morgan fingerprint density at radius 3 is 1.41 bits per heavy atom. The smallest absolute Gasteiger partial charge is 0.00201 e. The van der Waals surface area contributed by atoms with Crippen LogP contribution in [-0.2, 0) is 0 Å². The monoisotopic (exact) mass is 708 g/mol. The minimum atomic E-state index is 1.20. The van der Waals surface area contributed by atoms with E-state index in [4.69, 9.17) is 0 Å². The van der Waals surface area contributed by atoms with Crippen molar-refractivity contribution < 1.29 is 0 Å². The first-order chi connectivity index (χ1) is 27.8. The molecule has 11 aromatic carbocycles. The summed E-state index contributed by atoms with van der Waals surface area (Å²) in [7, 11) is 0. The number of benzene rings is 11. The summed E-state index contributed by atoms with van der Waals surface area (Å²) in [6, 6.07) is 80.5. The van der Waals surface area contributed by atoms with Crippen molar-refractivity contribution in [1.29, 1.82) is 0 Å². The van der Waals surface area contributed by atoms with E-state index in [2.05, 4.69) is 218 Å². The molecule has 0 spiro atoms. The molecule has 0 aromatic heterocycles. The van der Waals surface area contributed by atoms with Crippen molar-refractivity contribution in [2.75, 3.05) is 0 Å². The Morgan fingerprint density at radius 2 is 0.679 bits per heavy atom. The third-order valence-corrected chi connectivity index (χ3v) is 11.6. The van der Waals surface area contributed by atoms with Crippen molar-refractivity contribution in [1.82, 2.24) is 0 Å². The molecule has 0 aliphatic rings. The molecule has 0 atom stereocenters. The molecule has 0 saturated heterocycles. The zero-order valence-corrected chi connectivity index (χ0v) is 30.8. The van der Waals surface area contributed by atoms with Crippen LogP contribution in [0.15, 0.2) is 218 Å². The van der Waals surface area contributed by atoms with Crippen LogP contribution in [0, 0.1) is 0 Å². The van der Waals surface area contributed by atoms with E-state index in [9.17, 15) is 0 Å². The van der Waals surface area contributed by atoms with E-state index < -0.39 is 0 Å². The Bertz CT molecular complexity index is 3280. The second-order valence-electron chi connectivity index (χ2n) is 14.8. The molecule has 0 heterocycles. The molecule has 260 valence electrons. The number of hydrogen-bond donors (Lipinski definition) is 0. The minimum Gasteiger partial charge on any atom is -0.0622 e. The van der Waals surface area contributed by atoms with E-state index in [1.54, 1.807) is 0 Å². The van der Waals surface area contributed by atoms with E-state index in [1.807, 2.05) is 0 Å². The van der Waals surface area contributed by atoms with Crippen molar-refractivity contribution in [2.24, 2.45) is 0 Å². The van der Waals surface area contributed by atoms with Gasteiger partial charge in [-0.25, -0.2) is 0 Å². The van der Waals surface area contributed by atoms with Crippen LogP contribution in [0.2, 0.25) is 0 Å². The molecule has 0 nitrogen and oxygen atoms in total. The number of fused-ring (bicyclic) bond motifs is 5. The molecule has 11 rings (SSSR count). The maximum atomic E-state index is 2.45. The van der Waals surface area contributed by atoms with Crippen molar-refractivity contribution in [3.05, 3.63) is 218 Å². The predicted octanol–water partition coefficient (Wildman–Crippen LogP) is 15.8. The van der Waals surface area contributed by atoms with E-state index in [1.165, 1.54) is 109 Å². The molecule has 0 N–H and O–H groups in total. The van der Waals surface area contributed by atoms with Crippen LogP contribution < -0.4 is 0 Å². The Balaban J connectivity index is 1.24. The van der Waals surface area contributed by atoms with Crippen LogP contribution >= 0.6 is 0 Å². The number of hydrogen-bond acceptors (Lipinski definition) is 0. The fourth-order valence-corrected chi connectivity index (χ4v) is 9.02. The van der Waals surface area contributed by atoms with Gasteiger partial charge in [-0.3, -0.25) is 0 Å². The second kappa shape index (κ2) is 13.2. The fourth-order valence-electron chi connectivity index (χ4n) is 9.02. The van der Waals surface area contributed by atoms with Crippen molar-refractivity contribution >= 4 is 53.9 Å². The van der Waals surface area contributed by atoms with E-state index in [0.29, 0.717) is 0 Å². The van der Waals surface area contributed by atoms with Gasteiger partial charge >= 0.3 is 0 Å². The zero-order valence-electron chi connectivity index (χ0n) is 30.8. The molecular weight excluding hydrogens is 673 g/mol. The molecule has 0 amide bonds. The molecule has 56 heavy (non-hydrogen) atoms. The maximum absolute atomic E-state index is 2.45. The molecular formula is C56H36. The molecule has 0 bridgehead atoms. The average molecular weight is 709 g/mol. The Kier molecular flexibility index (Phi) is 7.60. The lowest BCUT2D eigenvalue weighted by Gasteiger charge is -2.21. The Labute approximate surface area is 326 Å². The Morgan fingerprint density at radius 1 is 0.179 bits per heavy atom. The summed E-state index contributed by atoms with van der Waals surface area (Å²) in [4.78, 5) is 0. The van der Waals surface area contributed by atoms with Crippen molar-refractivity contribution in [2.45, 2.75) is 0 Å². The molecule has 0 fully saturated rings. The normalized spacial score (nSPS) is 11.6. The summed E-state index contributed by atoms with van der Waals surface area (Å²) in [5.41, 5.74) is 12.4. The summed E-state index contributed by atoms with van der Waals surface area (Å²) in [6.45, 7) is 0. The average Bonchev–Trinajstić information content (AvgIpc) is 3.28. The quantitative estimate of drug-likeness (QED) is 0.156. The largest absolute Gasteiger partial charge is 0.0622 e. The second-order valence-corrected chi connectivity index (χ2v) is 14.8. The van der Waals surface area contributed by atoms with Gasteiger partial charge in [0.15, 0.2) is 0 Å². The van der Waals surface area contributed by atoms with Gasteiger partial charge in [0, 0.05) is 0 Å². The van der Waals surface area contributed by atoms with Crippen LogP contribution in [-0.4, -0.2) is 0 Å². The SMILES string of the molecule is c1ccc(-c2cc(-c3ccc4c(-c5ccc(-c6ccccc6)c6ccccc56)c5ccccc5c(-c5ccc6ccccc6c5)c4c3)cc3ccccc23)cc1. The highest BCUT2D eigenvalue weighted by Crippen LogP contribution is 2.48. The molecule has 0 aliphatic carbocycles. The van der Waals surface area contributed by atoms with Crippen LogP contribution in [0.5, 0.6) is 0 Å². The first-order valence-electron chi connectivity index (χ1n) is 19.4. The lowest BCUT2D eigenvalue weighted by Crippen LogP contribution is -1.93. The highest BCUT2D eigenvalue weighted by molar-refractivity contribution is 6.25. The van der Waals surface area contributed by atoms with Gasteiger partial charge in [0.2, 0.25) is 0 Å². The van der Waals surface area contributed by atoms with Crippen LogP contribution in [0.1, 0.15) is 0 Å². The van der Waals surface area contributed by atoms with E-state index in [0.717, 1.165) is 0 Å². The summed E-state index contributed by atoms with van der Waals surface area (Å²) >= 11 is 0. The first-order valence-corrected chi connectivity index (χ1v) is 19.4. The lowest BCUT2D eigenvalue weighted by atomic mass is 9.82. The van der Waals surface area contributed by atoms with Crippen LogP contribution in [0.4, 0.5) is 0 Å². The predicted molar refractivity (Wildman–Crippen MR) is 241 cm³/mol. The third-order valence-electron chi connectivity index (χ3n) is 11.6. The highest BCUT2D eigenvalue weighted by Gasteiger charge is 2.20. The highest BCUT2D eigenvalue weighted by atomic mass is 14.2. The van der Waals surface area contributed by atoms with Gasteiger partial charge in [0.1, 0.15) is 0 Å². The summed E-state index contributed by atoms with van der Waals surface area (Å²) in [6.07, 6.45) is 0. The molecule has 0 heteroatoms. The van der Waals surface area contributed by atoms with Gasteiger partial charge in [0.25, 0.3) is 0 Å². The van der Waals surface area contributed by atoms with Crippen molar-refractivity contribution in [3.63, 3.8) is 0 Å². The van der Waals surface area contributed by atoms with Crippen molar-refractivity contribution in [3.8, 4) is 55.6 Å². The lowest BCUT2D eigenvalue weighted by molar-refractivity contribution is 1.62. The standard InChI is InChI=1S/C56H36/c1-3-16-38(17-4-1)46-31-32-51(48-24-12-11-23-47(46)48)56-50-26-14-13-25-49(50)55(43-28-27-37-15-7-8-20-40(37)33-43)54-35-41(29-30-52(54)56)44-34-42-21-9-10-22-45(42)53(36-44)39-18-5-2-6-19-39/h1-36H. The van der Waals surface area contributed by atoms with Gasteiger partial charge < -0.3 is 0 Å². The van der Waals surface area contributed by atoms with E-state index >= 15 is 0 Å². The molecule has 0 unspecified atom stereocenters. The molecule has 11 aromatic rings. The topological polar surface area (TPSA) is 0 Å². The summed E-state index contributed by atoms with van der Waals surface area (Å²) in [5.74, 6) is 0. The minimum absolute atomic E-state index is 1.20. The summed E-state index contributed by atoms with van der Waals surface area (Å²) in [5, 5.41) is 12.5. The van der Waals surface area contributed by atoms with Crippen LogP contribution in [0.25, 0.3) is 109 Å².